The minimum Gasteiger partial charge on any atom is -0.467 e. The van der Waals surface area contributed by atoms with Crippen molar-refractivity contribution in [3.8, 4) is 0 Å². The van der Waals surface area contributed by atoms with Crippen LogP contribution in [0.3, 0.4) is 0 Å². The van der Waals surface area contributed by atoms with E-state index in [1.54, 1.807) is 17.6 Å². The molecular weight excluding hydrogens is 294 g/mol. The van der Waals surface area contributed by atoms with Crippen molar-refractivity contribution in [1.29, 1.82) is 0 Å². The van der Waals surface area contributed by atoms with Gasteiger partial charge in [0, 0.05) is 10.4 Å². The number of nitrogens with zero attached hydrogens (tertiary/aromatic N) is 1. The number of thiophene rings is 1. The van der Waals surface area contributed by atoms with E-state index in [1.807, 2.05) is 47.4 Å². The Labute approximate surface area is 133 Å². The van der Waals surface area contributed by atoms with Gasteiger partial charge in [0.2, 0.25) is 0 Å². The Morgan fingerprint density at radius 3 is 2.55 bits per heavy atom. The van der Waals surface area contributed by atoms with Gasteiger partial charge in [-0.1, -0.05) is 18.2 Å². The molecule has 0 bridgehead atoms. The molecule has 0 aliphatic heterocycles. The summed E-state index contributed by atoms with van der Waals surface area (Å²) in [6, 6.07) is 15.2. The molecule has 3 nitrogen and oxygen atoms in total. The first kappa shape index (κ1) is 14.6. The van der Waals surface area contributed by atoms with Gasteiger partial charge in [-0.05, 0) is 48.2 Å². The number of aryl methyl sites for hydroxylation is 1. The highest BCUT2D eigenvalue weighted by Gasteiger charge is 2.18. The van der Waals surface area contributed by atoms with Crippen molar-refractivity contribution in [3.05, 3.63) is 81.9 Å². The fourth-order valence-electron chi connectivity index (χ4n) is 2.29. The molecule has 0 saturated heterocycles. The Morgan fingerprint density at radius 2 is 1.91 bits per heavy atom. The number of hydrogen-bond acceptors (Lipinski definition) is 3. The third-order valence-electron chi connectivity index (χ3n) is 3.54. The monoisotopic (exact) mass is 311 g/mol. The summed E-state index contributed by atoms with van der Waals surface area (Å²) in [5.41, 5.74) is 1.92. The predicted molar refractivity (Wildman–Crippen MR) is 87.8 cm³/mol. The van der Waals surface area contributed by atoms with Gasteiger partial charge in [-0.15, -0.1) is 11.3 Å². The maximum Gasteiger partial charge on any atom is 0.254 e. The Balaban J connectivity index is 1.85. The number of amides is 1. The lowest BCUT2D eigenvalue weighted by Crippen LogP contribution is -2.29. The second kappa shape index (κ2) is 6.62. The van der Waals surface area contributed by atoms with E-state index in [-0.39, 0.29) is 5.91 Å². The van der Waals surface area contributed by atoms with E-state index in [2.05, 4.69) is 18.4 Å². The van der Waals surface area contributed by atoms with Crippen LogP contribution < -0.4 is 0 Å². The molecule has 0 radical (unpaired) electrons. The summed E-state index contributed by atoms with van der Waals surface area (Å²) in [6.07, 6.45) is 1.64. The van der Waals surface area contributed by atoms with E-state index in [0.29, 0.717) is 18.7 Å². The molecule has 2 aromatic heterocycles. The van der Waals surface area contributed by atoms with Gasteiger partial charge in [-0.2, -0.15) is 0 Å². The molecule has 3 rings (SSSR count). The molecule has 4 heteroatoms. The molecule has 1 amide bonds. The molecule has 0 aliphatic rings. The summed E-state index contributed by atoms with van der Waals surface area (Å²) >= 11 is 1.68. The van der Waals surface area contributed by atoms with Crippen LogP contribution in [0.15, 0.2) is 64.6 Å². The van der Waals surface area contributed by atoms with E-state index in [9.17, 15) is 4.79 Å². The molecular formula is C18H17NO2S. The van der Waals surface area contributed by atoms with Crippen LogP contribution in [0.4, 0.5) is 0 Å². The van der Waals surface area contributed by atoms with Crippen molar-refractivity contribution in [1.82, 2.24) is 4.90 Å². The third kappa shape index (κ3) is 3.28. The lowest BCUT2D eigenvalue weighted by molar-refractivity contribution is 0.0719. The average molecular weight is 311 g/mol. The molecule has 2 heterocycles. The highest BCUT2D eigenvalue weighted by atomic mass is 32.1. The zero-order valence-corrected chi connectivity index (χ0v) is 13.2. The first-order chi connectivity index (χ1) is 10.7. The zero-order chi connectivity index (χ0) is 15.4. The van der Waals surface area contributed by atoms with Crippen LogP contribution >= 0.6 is 11.3 Å². The molecule has 0 spiro atoms. The SMILES string of the molecule is Cc1ccsc1CN(Cc1ccco1)C(=O)c1ccccc1. The smallest absolute Gasteiger partial charge is 0.254 e. The van der Waals surface area contributed by atoms with Gasteiger partial charge in [0.25, 0.3) is 5.91 Å². The van der Waals surface area contributed by atoms with Gasteiger partial charge >= 0.3 is 0 Å². The van der Waals surface area contributed by atoms with Crippen LogP contribution in [0.5, 0.6) is 0 Å². The van der Waals surface area contributed by atoms with Crippen LogP contribution in [0, 0.1) is 6.92 Å². The summed E-state index contributed by atoms with van der Waals surface area (Å²) in [5, 5.41) is 2.06. The summed E-state index contributed by atoms with van der Waals surface area (Å²) < 4.78 is 5.41. The van der Waals surface area contributed by atoms with Gasteiger partial charge in [-0.3, -0.25) is 4.79 Å². The Hall–Kier alpha value is -2.33. The molecule has 0 fully saturated rings. The maximum atomic E-state index is 12.8. The molecule has 112 valence electrons. The fraction of sp³-hybridized carbons (Fsp3) is 0.167. The van der Waals surface area contributed by atoms with Crippen molar-refractivity contribution in [2.45, 2.75) is 20.0 Å². The van der Waals surface area contributed by atoms with Gasteiger partial charge in [0.15, 0.2) is 0 Å². The summed E-state index contributed by atoms with van der Waals surface area (Å²) in [7, 11) is 0. The lowest BCUT2D eigenvalue weighted by atomic mass is 10.2. The summed E-state index contributed by atoms with van der Waals surface area (Å²) in [4.78, 5) is 15.8. The normalized spacial score (nSPS) is 10.6. The molecule has 0 saturated carbocycles. The number of carbonyl (C=O) groups excluding carboxylic acids is 1. The second-order valence-corrected chi connectivity index (χ2v) is 6.13. The lowest BCUT2D eigenvalue weighted by Gasteiger charge is -2.21. The Bertz CT molecular complexity index is 732. The number of benzene rings is 1. The van der Waals surface area contributed by atoms with E-state index >= 15 is 0 Å². The molecule has 3 aromatic rings. The topological polar surface area (TPSA) is 33.5 Å². The molecule has 0 unspecified atom stereocenters. The van der Waals surface area contributed by atoms with Gasteiger partial charge in [0.05, 0.1) is 19.4 Å². The number of carbonyl (C=O) groups is 1. The van der Waals surface area contributed by atoms with E-state index in [1.165, 1.54) is 10.4 Å². The Morgan fingerprint density at radius 1 is 1.09 bits per heavy atom. The summed E-state index contributed by atoms with van der Waals surface area (Å²) in [5.74, 6) is 0.809. The molecule has 0 N–H and O–H groups in total. The standard InChI is InChI=1S/C18H17NO2S/c1-14-9-11-22-17(14)13-19(12-16-8-5-10-21-16)18(20)15-6-3-2-4-7-15/h2-11H,12-13H2,1H3. The molecule has 0 aliphatic carbocycles. The first-order valence-corrected chi connectivity index (χ1v) is 8.01. The second-order valence-electron chi connectivity index (χ2n) is 5.13. The van der Waals surface area contributed by atoms with Crippen molar-refractivity contribution >= 4 is 17.2 Å². The quantitative estimate of drug-likeness (QED) is 0.695. The third-order valence-corrected chi connectivity index (χ3v) is 4.55. The average Bonchev–Trinajstić information content (AvgIpc) is 3.19. The zero-order valence-electron chi connectivity index (χ0n) is 12.4. The van der Waals surface area contributed by atoms with E-state index in [0.717, 1.165) is 5.76 Å². The summed E-state index contributed by atoms with van der Waals surface area (Å²) in [6.45, 7) is 3.14. The maximum absolute atomic E-state index is 12.8. The van der Waals surface area contributed by atoms with Crippen molar-refractivity contribution in [2.75, 3.05) is 0 Å². The van der Waals surface area contributed by atoms with Crippen LogP contribution in [-0.2, 0) is 13.1 Å². The predicted octanol–water partition coefficient (Wildman–Crippen LogP) is 4.49. The van der Waals surface area contributed by atoms with E-state index < -0.39 is 0 Å². The molecule has 0 atom stereocenters. The molecule has 1 aromatic carbocycles. The van der Waals surface area contributed by atoms with Crippen LogP contribution in [0.25, 0.3) is 0 Å². The van der Waals surface area contributed by atoms with Gasteiger partial charge in [-0.25, -0.2) is 0 Å². The van der Waals surface area contributed by atoms with Crippen molar-refractivity contribution in [2.24, 2.45) is 0 Å². The molecule has 22 heavy (non-hydrogen) atoms. The van der Waals surface area contributed by atoms with Crippen molar-refractivity contribution < 1.29 is 9.21 Å². The van der Waals surface area contributed by atoms with Crippen LogP contribution in [-0.4, -0.2) is 10.8 Å². The largest absolute Gasteiger partial charge is 0.467 e. The highest BCUT2D eigenvalue weighted by molar-refractivity contribution is 7.10. The van der Waals surface area contributed by atoms with Gasteiger partial charge < -0.3 is 9.32 Å². The number of hydrogen-bond donors (Lipinski definition) is 0. The number of rotatable bonds is 5. The minimum absolute atomic E-state index is 0.0183. The highest BCUT2D eigenvalue weighted by Crippen LogP contribution is 2.21. The van der Waals surface area contributed by atoms with Crippen LogP contribution in [0.1, 0.15) is 26.6 Å². The first-order valence-electron chi connectivity index (χ1n) is 7.13. The number of furan rings is 1. The van der Waals surface area contributed by atoms with E-state index in [4.69, 9.17) is 4.42 Å². The minimum atomic E-state index is 0.0183. The van der Waals surface area contributed by atoms with Crippen LogP contribution in [0.2, 0.25) is 0 Å². The van der Waals surface area contributed by atoms with Crippen molar-refractivity contribution in [3.63, 3.8) is 0 Å². The Kier molecular flexibility index (Phi) is 4.39. The van der Waals surface area contributed by atoms with Gasteiger partial charge in [0.1, 0.15) is 5.76 Å². The fourth-order valence-corrected chi connectivity index (χ4v) is 3.21.